The Labute approximate surface area is 136 Å². The number of hydrogen-bond donors (Lipinski definition) is 0. The fourth-order valence-electron chi connectivity index (χ4n) is 2.42. The molecule has 0 radical (unpaired) electrons. The molecule has 1 aliphatic carbocycles. The van der Waals surface area contributed by atoms with Crippen LogP contribution >= 0.6 is 0 Å². The molecule has 0 aromatic carbocycles. The topological polar surface area (TPSA) is 78.9 Å². The van der Waals surface area contributed by atoms with Gasteiger partial charge in [0.05, 0.1) is 19.8 Å². The van der Waals surface area contributed by atoms with E-state index >= 15 is 0 Å². The Morgan fingerprint density at radius 2 is 1.30 bits per heavy atom. The Kier molecular flexibility index (Phi) is 10.2. The van der Waals surface area contributed by atoms with Crippen molar-refractivity contribution in [1.82, 2.24) is 0 Å². The summed E-state index contributed by atoms with van der Waals surface area (Å²) in [5, 5.41) is 0. The summed E-state index contributed by atoms with van der Waals surface area (Å²) in [6, 6.07) is 0. The van der Waals surface area contributed by atoms with Crippen LogP contribution in [-0.2, 0) is 28.6 Å². The second-order valence-electron chi connectivity index (χ2n) is 5.06. The highest BCUT2D eigenvalue weighted by Crippen LogP contribution is 2.38. The molecule has 1 fully saturated rings. The van der Waals surface area contributed by atoms with E-state index in [1.807, 2.05) is 0 Å². The minimum Gasteiger partial charge on any atom is -0.466 e. The van der Waals surface area contributed by atoms with E-state index in [1.54, 1.807) is 20.8 Å². The van der Waals surface area contributed by atoms with E-state index in [9.17, 15) is 18.8 Å². The first kappa shape index (κ1) is 21.3. The van der Waals surface area contributed by atoms with Crippen molar-refractivity contribution in [3.63, 3.8) is 0 Å². The Balaban J connectivity index is 0.000000688. The summed E-state index contributed by atoms with van der Waals surface area (Å²) in [5.41, 5.74) is -2.62. The third-order valence-electron chi connectivity index (χ3n) is 3.41. The van der Waals surface area contributed by atoms with Gasteiger partial charge in [0, 0.05) is 12.8 Å². The van der Waals surface area contributed by atoms with E-state index in [4.69, 9.17) is 0 Å². The maximum atomic E-state index is 14.7. The van der Waals surface area contributed by atoms with Crippen molar-refractivity contribution in [1.29, 1.82) is 0 Å². The molecule has 134 valence electrons. The van der Waals surface area contributed by atoms with Crippen LogP contribution in [0, 0.1) is 5.92 Å². The van der Waals surface area contributed by atoms with Crippen molar-refractivity contribution in [3.8, 4) is 0 Å². The summed E-state index contributed by atoms with van der Waals surface area (Å²) >= 11 is 0. The lowest BCUT2D eigenvalue weighted by atomic mass is 9.87. The molecular weight excluding hydrogens is 307 g/mol. The molecule has 7 heteroatoms. The van der Waals surface area contributed by atoms with E-state index < -0.39 is 23.5 Å². The van der Waals surface area contributed by atoms with Gasteiger partial charge in [-0.25, -0.2) is 14.0 Å². The van der Waals surface area contributed by atoms with E-state index in [1.165, 1.54) is 6.92 Å². The second-order valence-corrected chi connectivity index (χ2v) is 5.06. The molecule has 0 amide bonds. The molecule has 0 bridgehead atoms. The zero-order chi connectivity index (χ0) is 17.9. The van der Waals surface area contributed by atoms with E-state index in [-0.39, 0.29) is 19.2 Å². The molecule has 1 rings (SSSR count). The van der Waals surface area contributed by atoms with Gasteiger partial charge in [-0.05, 0) is 33.6 Å². The van der Waals surface area contributed by atoms with Crippen LogP contribution in [-0.4, -0.2) is 43.4 Å². The van der Waals surface area contributed by atoms with Crippen LogP contribution in [0.2, 0.25) is 0 Å². The number of esters is 3. The van der Waals surface area contributed by atoms with E-state index in [0.717, 1.165) is 12.8 Å². The number of ether oxygens (including phenoxy) is 3. The van der Waals surface area contributed by atoms with Crippen molar-refractivity contribution >= 4 is 17.9 Å². The zero-order valence-corrected chi connectivity index (χ0v) is 14.4. The molecular formula is C16H27FO6. The van der Waals surface area contributed by atoms with Crippen LogP contribution in [0.5, 0.6) is 0 Å². The quantitative estimate of drug-likeness (QED) is 0.422. The van der Waals surface area contributed by atoms with Gasteiger partial charge in [0.15, 0.2) is 0 Å². The first-order chi connectivity index (χ1) is 10.8. The van der Waals surface area contributed by atoms with Crippen molar-refractivity contribution in [3.05, 3.63) is 0 Å². The highest BCUT2D eigenvalue weighted by molar-refractivity contribution is 6.04. The SMILES string of the molecule is CCOC(=O)C(F)(C(=O)OCC)C1CCCC1.CCOC(C)=O. The summed E-state index contributed by atoms with van der Waals surface area (Å²) in [6.45, 7) is 6.92. The highest BCUT2D eigenvalue weighted by Gasteiger charge is 2.56. The number of carbonyl (C=O) groups excluding carboxylic acids is 3. The van der Waals surface area contributed by atoms with E-state index in [2.05, 4.69) is 14.2 Å². The Morgan fingerprint density at radius 1 is 0.913 bits per heavy atom. The normalized spacial score (nSPS) is 14.5. The molecule has 0 heterocycles. The van der Waals surface area contributed by atoms with Crippen LogP contribution in [0.4, 0.5) is 4.39 Å². The summed E-state index contributed by atoms with van der Waals surface area (Å²) in [5.74, 6) is -3.03. The lowest BCUT2D eigenvalue weighted by molar-refractivity contribution is -0.179. The van der Waals surface area contributed by atoms with Crippen LogP contribution in [0.3, 0.4) is 0 Å². The average molecular weight is 334 g/mol. The Morgan fingerprint density at radius 3 is 1.57 bits per heavy atom. The van der Waals surface area contributed by atoms with Gasteiger partial charge in [-0.15, -0.1) is 0 Å². The molecule has 0 saturated heterocycles. The predicted molar refractivity (Wildman–Crippen MR) is 81.4 cm³/mol. The van der Waals surface area contributed by atoms with E-state index in [0.29, 0.717) is 19.4 Å². The first-order valence-electron chi connectivity index (χ1n) is 8.01. The third-order valence-corrected chi connectivity index (χ3v) is 3.41. The van der Waals surface area contributed by atoms with Gasteiger partial charge in [0.1, 0.15) is 0 Å². The minimum absolute atomic E-state index is 0.0522. The maximum Gasteiger partial charge on any atom is 0.356 e. The number of hydrogen-bond acceptors (Lipinski definition) is 6. The number of alkyl halides is 1. The molecule has 0 aromatic heterocycles. The first-order valence-corrected chi connectivity index (χ1v) is 8.01. The summed E-state index contributed by atoms with van der Waals surface area (Å²) in [6.07, 6.45) is 2.70. The fourth-order valence-corrected chi connectivity index (χ4v) is 2.42. The predicted octanol–water partition coefficient (Wildman–Crippen LogP) is 2.58. The molecule has 0 N–H and O–H groups in total. The summed E-state index contributed by atoms with van der Waals surface area (Å²) < 4.78 is 28.5. The van der Waals surface area contributed by atoms with Gasteiger partial charge in [0.25, 0.3) is 0 Å². The lowest BCUT2D eigenvalue weighted by Gasteiger charge is -2.26. The summed E-state index contributed by atoms with van der Waals surface area (Å²) in [4.78, 5) is 33.2. The molecule has 23 heavy (non-hydrogen) atoms. The second kappa shape index (κ2) is 11.0. The molecule has 1 aliphatic rings. The number of rotatable bonds is 6. The number of halogens is 1. The molecule has 0 aliphatic heterocycles. The third kappa shape index (κ3) is 6.54. The van der Waals surface area contributed by atoms with Gasteiger partial charge >= 0.3 is 23.6 Å². The Hall–Kier alpha value is -1.66. The summed E-state index contributed by atoms with van der Waals surface area (Å²) in [7, 11) is 0. The minimum atomic E-state index is -2.62. The van der Waals surface area contributed by atoms with Crippen LogP contribution in [0.15, 0.2) is 0 Å². The molecule has 0 spiro atoms. The van der Waals surface area contributed by atoms with Gasteiger partial charge < -0.3 is 14.2 Å². The van der Waals surface area contributed by atoms with Gasteiger partial charge in [-0.2, -0.15) is 0 Å². The van der Waals surface area contributed by atoms with Crippen molar-refractivity contribution in [2.24, 2.45) is 5.92 Å². The standard InChI is InChI=1S/C12H19FO4.C4H8O2/c1-3-16-10(14)12(13,11(15)17-4-2)9-7-5-6-8-9;1-3-6-4(2)5/h9H,3-8H2,1-2H3;3H2,1-2H3. The lowest BCUT2D eigenvalue weighted by Crippen LogP contribution is -2.50. The average Bonchev–Trinajstić information content (AvgIpc) is 3.02. The van der Waals surface area contributed by atoms with Crippen molar-refractivity contribution < 1.29 is 33.0 Å². The van der Waals surface area contributed by atoms with Crippen molar-refractivity contribution in [2.75, 3.05) is 19.8 Å². The van der Waals surface area contributed by atoms with Crippen LogP contribution in [0.25, 0.3) is 0 Å². The molecule has 1 saturated carbocycles. The monoisotopic (exact) mass is 334 g/mol. The molecule has 6 nitrogen and oxygen atoms in total. The maximum absolute atomic E-state index is 14.7. The Bertz CT molecular complexity index is 372. The molecule has 0 unspecified atom stereocenters. The largest absolute Gasteiger partial charge is 0.466 e. The van der Waals surface area contributed by atoms with Gasteiger partial charge in [-0.3, -0.25) is 4.79 Å². The highest BCUT2D eigenvalue weighted by atomic mass is 19.1. The van der Waals surface area contributed by atoms with Crippen molar-refractivity contribution in [2.45, 2.75) is 59.0 Å². The van der Waals surface area contributed by atoms with Gasteiger partial charge in [0.2, 0.25) is 0 Å². The zero-order valence-electron chi connectivity index (χ0n) is 14.4. The number of carbonyl (C=O) groups is 3. The van der Waals surface area contributed by atoms with Crippen LogP contribution in [0.1, 0.15) is 53.4 Å². The molecule has 0 atom stereocenters. The fraction of sp³-hybridized carbons (Fsp3) is 0.812. The molecule has 0 aromatic rings. The smallest absolute Gasteiger partial charge is 0.356 e. The van der Waals surface area contributed by atoms with Crippen LogP contribution < -0.4 is 0 Å². The van der Waals surface area contributed by atoms with Gasteiger partial charge in [-0.1, -0.05) is 12.8 Å².